The molecule has 0 aliphatic carbocycles. The summed E-state index contributed by atoms with van der Waals surface area (Å²) in [5, 5.41) is 3.42. The van der Waals surface area contributed by atoms with Crippen molar-refractivity contribution in [3.63, 3.8) is 0 Å². The van der Waals surface area contributed by atoms with Crippen LogP contribution in [0, 0.1) is 12.8 Å². The van der Waals surface area contributed by atoms with Crippen LogP contribution in [0.15, 0.2) is 18.2 Å². The van der Waals surface area contributed by atoms with E-state index >= 15 is 0 Å². The van der Waals surface area contributed by atoms with Gasteiger partial charge in [0.25, 0.3) is 0 Å². The Balaban J connectivity index is 1.94. The fourth-order valence-electron chi connectivity index (χ4n) is 2.24. The van der Waals surface area contributed by atoms with Crippen LogP contribution in [-0.4, -0.2) is 25.7 Å². The average molecular weight is 248 g/mol. The summed E-state index contributed by atoms with van der Waals surface area (Å²) in [5.74, 6) is 0.194. The molecule has 2 rings (SSSR count). The summed E-state index contributed by atoms with van der Waals surface area (Å²) in [5.41, 5.74) is 7.91. The van der Waals surface area contributed by atoms with Gasteiger partial charge in [-0.3, -0.25) is 4.79 Å². The Morgan fingerprint density at radius 2 is 2.39 bits per heavy atom. The second kappa shape index (κ2) is 5.87. The summed E-state index contributed by atoms with van der Waals surface area (Å²) < 4.78 is 5.45. The Kier molecular flexibility index (Phi) is 4.20. The van der Waals surface area contributed by atoms with E-state index in [4.69, 9.17) is 10.5 Å². The monoisotopic (exact) mass is 248 g/mol. The molecular formula is C14H20N2O2. The molecule has 1 atom stereocenters. The van der Waals surface area contributed by atoms with Crippen molar-refractivity contribution >= 4 is 11.6 Å². The number of hydrogen-bond acceptors (Lipinski definition) is 3. The number of amides is 1. The normalized spacial score (nSPS) is 19.5. The van der Waals surface area contributed by atoms with Gasteiger partial charge in [0.05, 0.1) is 6.61 Å². The van der Waals surface area contributed by atoms with Crippen molar-refractivity contribution in [3.05, 3.63) is 29.3 Å². The van der Waals surface area contributed by atoms with Gasteiger partial charge in [0.15, 0.2) is 0 Å². The zero-order chi connectivity index (χ0) is 13.0. The Hall–Kier alpha value is -1.55. The molecule has 1 aromatic carbocycles. The molecule has 0 spiro atoms. The molecule has 18 heavy (non-hydrogen) atoms. The van der Waals surface area contributed by atoms with Gasteiger partial charge < -0.3 is 15.8 Å². The molecule has 98 valence electrons. The highest BCUT2D eigenvalue weighted by Gasteiger charge is 2.13. The zero-order valence-electron chi connectivity index (χ0n) is 10.7. The SMILES string of the molecule is Cc1cc(C(N)=O)ccc1NCC1CCCOC1. The predicted octanol–water partition coefficient (Wildman–Crippen LogP) is 1.93. The molecule has 1 aliphatic heterocycles. The maximum absolute atomic E-state index is 11.1. The third-order valence-corrected chi connectivity index (χ3v) is 3.35. The molecule has 4 nitrogen and oxygen atoms in total. The minimum absolute atomic E-state index is 0.384. The lowest BCUT2D eigenvalue weighted by molar-refractivity contribution is 0.0595. The molecule has 1 amide bonds. The minimum atomic E-state index is -0.384. The number of nitrogens with two attached hydrogens (primary N) is 1. The van der Waals surface area contributed by atoms with Crippen LogP contribution < -0.4 is 11.1 Å². The largest absolute Gasteiger partial charge is 0.384 e. The molecule has 0 radical (unpaired) electrons. The minimum Gasteiger partial charge on any atom is -0.384 e. The van der Waals surface area contributed by atoms with Crippen LogP contribution >= 0.6 is 0 Å². The third-order valence-electron chi connectivity index (χ3n) is 3.35. The number of anilines is 1. The quantitative estimate of drug-likeness (QED) is 0.855. The molecule has 1 unspecified atom stereocenters. The Morgan fingerprint density at radius 1 is 1.56 bits per heavy atom. The molecule has 1 fully saturated rings. The van der Waals surface area contributed by atoms with Gasteiger partial charge in [0.2, 0.25) is 5.91 Å². The first-order chi connectivity index (χ1) is 8.66. The molecule has 0 saturated carbocycles. The van der Waals surface area contributed by atoms with Crippen molar-refractivity contribution in [2.45, 2.75) is 19.8 Å². The van der Waals surface area contributed by atoms with Crippen LogP contribution in [0.1, 0.15) is 28.8 Å². The fourth-order valence-corrected chi connectivity index (χ4v) is 2.24. The summed E-state index contributed by atoms with van der Waals surface area (Å²) >= 11 is 0. The van der Waals surface area contributed by atoms with Gasteiger partial charge in [-0.1, -0.05) is 0 Å². The summed E-state index contributed by atoms with van der Waals surface area (Å²) in [7, 11) is 0. The first-order valence-electron chi connectivity index (χ1n) is 6.39. The maximum atomic E-state index is 11.1. The Labute approximate surface area is 108 Å². The van der Waals surface area contributed by atoms with Crippen molar-refractivity contribution in [1.82, 2.24) is 0 Å². The highest BCUT2D eigenvalue weighted by Crippen LogP contribution is 2.19. The van der Waals surface area contributed by atoms with Crippen molar-refractivity contribution in [1.29, 1.82) is 0 Å². The summed E-state index contributed by atoms with van der Waals surface area (Å²) in [4.78, 5) is 11.1. The predicted molar refractivity (Wildman–Crippen MR) is 71.7 cm³/mol. The average Bonchev–Trinajstić information content (AvgIpc) is 2.38. The van der Waals surface area contributed by atoms with E-state index < -0.39 is 0 Å². The van der Waals surface area contributed by atoms with Crippen LogP contribution in [0.2, 0.25) is 0 Å². The topological polar surface area (TPSA) is 64.4 Å². The van der Waals surface area contributed by atoms with Gasteiger partial charge in [0.1, 0.15) is 0 Å². The van der Waals surface area contributed by atoms with E-state index in [2.05, 4.69) is 5.32 Å². The first kappa shape index (κ1) is 12.9. The smallest absolute Gasteiger partial charge is 0.248 e. The van der Waals surface area contributed by atoms with E-state index in [9.17, 15) is 4.79 Å². The second-order valence-electron chi connectivity index (χ2n) is 4.86. The summed E-state index contributed by atoms with van der Waals surface area (Å²) in [6.45, 7) is 4.62. The van der Waals surface area contributed by atoms with Crippen molar-refractivity contribution in [2.75, 3.05) is 25.1 Å². The van der Waals surface area contributed by atoms with E-state index in [1.807, 2.05) is 19.1 Å². The van der Waals surface area contributed by atoms with Gasteiger partial charge in [-0.05, 0) is 49.4 Å². The number of carbonyl (C=O) groups is 1. The van der Waals surface area contributed by atoms with Crippen LogP contribution in [0.25, 0.3) is 0 Å². The van der Waals surface area contributed by atoms with E-state index in [0.717, 1.165) is 37.4 Å². The van der Waals surface area contributed by atoms with Crippen LogP contribution in [0.5, 0.6) is 0 Å². The number of hydrogen-bond donors (Lipinski definition) is 2. The second-order valence-corrected chi connectivity index (χ2v) is 4.86. The Bertz CT molecular complexity index is 426. The van der Waals surface area contributed by atoms with Crippen LogP contribution in [0.4, 0.5) is 5.69 Å². The number of carbonyl (C=O) groups excluding carboxylic acids is 1. The molecule has 0 aromatic heterocycles. The highest BCUT2D eigenvalue weighted by molar-refractivity contribution is 5.93. The summed E-state index contributed by atoms with van der Waals surface area (Å²) in [6, 6.07) is 5.50. The standard InChI is InChI=1S/C14H20N2O2/c1-10-7-12(14(15)17)4-5-13(10)16-8-11-3-2-6-18-9-11/h4-5,7,11,16H,2-3,6,8-9H2,1H3,(H2,15,17). The molecule has 3 N–H and O–H groups in total. The van der Waals surface area contributed by atoms with Gasteiger partial charge in [-0.2, -0.15) is 0 Å². The molecule has 1 aromatic rings. The fraction of sp³-hybridized carbons (Fsp3) is 0.500. The lowest BCUT2D eigenvalue weighted by Crippen LogP contribution is -2.24. The molecule has 1 aliphatic rings. The maximum Gasteiger partial charge on any atom is 0.248 e. The van der Waals surface area contributed by atoms with Gasteiger partial charge in [-0.15, -0.1) is 0 Å². The highest BCUT2D eigenvalue weighted by atomic mass is 16.5. The van der Waals surface area contributed by atoms with E-state index in [1.165, 1.54) is 6.42 Å². The van der Waals surface area contributed by atoms with E-state index in [0.29, 0.717) is 11.5 Å². The number of rotatable bonds is 4. The van der Waals surface area contributed by atoms with Crippen molar-refractivity contribution in [3.8, 4) is 0 Å². The molecule has 1 saturated heterocycles. The number of aryl methyl sites for hydroxylation is 1. The van der Waals surface area contributed by atoms with Gasteiger partial charge in [-0.25, -0.2) is 0 Å². The summed E-state index contributed by atoms with van der Waals surface area (Å²) in [6.07, 6.45) is 2.36. The number of nitrogens with one attached hydrogen (secondary N) is 1. The Morgan fingerprint density at radius 3 is 3.00 bits per heavy atom. The number of ether oxygens (including phenoxy) is 1. The lowest BCUT2D eigenvalue weighted by Gasteiger charge is -2.23. The third kappa shape index (κ3) is 3.23. The van der Waals surface area contributed by atoms with E-state index in [-0.39, 0.29) is 5.91 Å². The van der Waals surface area contributed by atoms with Crippen molar-refractivity contribution in [2.24, 2.45) is 11.7 Å². The first-order valence-corrected chi connectivity index (χ1v) is 6.39. The van der Waals surface area contributed by atoms with Crippen molar-refractivity contribution < 1.29 is 9.53 Å². The molecule has 0 bridgehead atoms. The lowest BCUT2D eigenvalue weighted by atomic mass is 10.0. The van der Waals surface area contributed by atoms with Crippen LogP contribution in [-0.2, 0) is 4.74 Å². The number of primary amides is 1. The molecule has 1 heterocycles. The number of benzene rings is 1. The zero-order valence-corrected chi connectivity index (χ0v) is 10.7. The molecular weight excluding hydrogens is 228 g/mol. The van der Waals surface area contributed by atoms with Crippen LogP contribution in [0.3, 0.4) is 0 Å². The van der Waals surface area contributed by atoms with Gasteiger partial charge in [0, 0.05) is 24.4 Å². The van der Waals surface area contributed by atoms with Gasteiger partial charge >= 0.3 is 0 Å². The van der Waals surface area contributed by atoms with E-state index in [1.54, 1.807) is 6.07 Å². The molecule has 4 heteroatoms.